The van der Waals surface area contributed by atoms with Crippen molar-refractivity contribution in [1.82, 2.24) is 0 Å². The molecule has 7 rings (SSSR count). The van der Waals surface area contributed by atoms with Crippen molar-refractivity contribution < 1.29 is 0 Å². The van der Waals surface area contributed by atoms with Crippen LogP contribution in [0.4, 0.5) is 0 Å². The van der Waals surface area contributed by atoms with Gasteiger partial charge in [0.15, 0.2) is 0 Å². The summed E-state index contributed by atoms with van der Waals surface area (Å²) in [4.78, 5) is 0. The van der Waals surface area contributed by atoms with E-state index in [1.165, 1.54) is 47.3 Å². The fraction of sp³-hybridized carbons (Fsp3) is 0.900. The van der Waals surface area contributed by atoms with Crippen LogP contribution >= 0.6 is 0 Å². The van der Waals surface area contributed by atoms with Gasteiger partial charge in [-0.05, 0) is 99.7 Å². The Morgan fingerprint density at radius 1 is 0.500 bits per heavy atom. The molecule has 7 saturated carbocycles. The molecule has 0 atom stereocenters. The molecule has 0 heterocycles. The topological polar surface area (TPSA) is 0 Å². The molecule has 0 radical (unpaired) electrons. The minimum Gasteiger partial charge on any atom is -0.107 e. The lowest BCUT2D eigenvalue weighted by molar-refractivity contribution is -0.202. The van der Waals surface area contributed by atoms with E-state index in [-0.39, 0.29) is 0 Å². The molecule has 0 aromatic heterocycles. The van der Waals surface area contributed by atoms with E-state index < -0.39 is 0 Å². The highest BCUT2D eigenvalue weighted by Gasteiger charge is 2.63. The van der Waals surface area contributed by atoms with Crippen molar-refractivity contribution in [2.45, 2.75) is 66.2 Å². The summed E-state index contributed by atoms with van der Waals surface area (Å²) in [5, 5.41) is 0. The normalized spacial score (nSPS) is 51.4. The average molecular weight is 272 g/mol. The zero-order valence-corrected chi connectivity index (χ0v) is 13.9. The van der Waals surface area contributed by atoms with E-state index in [1.54, 1.807) is 38.5 Å². The summed E-state index contributed by atoms with van der Waals surface area (Å²) < 4.78 is 0. The summed E-state index contributed by atoms with van der Waals surface area (Å²) in [6.07, 6.45) is 9.93. The Hall–Kier alpha value is -0.440. The van der Waals surface area contributed by atoms with Gasteiger partial charge in [-0.3, -0.25) is 0 Å². The molecular formula is C20H32. The Kier molecular flexibility index (Phi) is 4.16. The number of rotatable bonds is 0. The van der Waals surface area contributed by atoms with Gasteiger partial charge in [-0.2, -0.15) is 0 Å². The molecule has 0 nitrogen and oxygen atoms in total. The maximum absolute atomic E-state index is 2.68. The van der Waals surface area contributed by atoms with Gasteiger partial charge in [0.1, 0.15) is 0 Å². The van der Waals surface area contributed by atoms with Gasteiger partial charge in [0, 0.05) is 0 Å². The van der Waals surface area contributed by atoms with Crippen LogP contribution in [0.2, 0.25) is 0 Å². The van der Waals surface area contributed by atoms with Crippen LogP contribution in [-0.2, 0) is 0 Å². The summed E-state index contributed by atoms with van der Waals surface area (Å²) >= 11 is 0. The third-order valence-electron chi connectivity index (χ3n) is 7.18. The monoisotopic (exact) mass is 272 g/mol. The predicted octanol–water partition coefficient (Wildman–Crippen LogP) is 5.38. The van der Waals surface area contributed by atoms with Gasteiger partial charge in [0.2, 0.25) is 0 Å². The van der Waals surface area contributed by atoms with E-state index >= 15 is 0 Å². The quantitative estimate of drug-likeness (QED) is 0.519. The Labute approximate surface area is 126 Å². The second-order valence-corrected chi connectivity index (χ2v) is 7.63. The van der Waals surface area contributed by atoms with Crippen LogP contribution in [0, 0.1) is 59.2 Å². The van der Waals surface area contributed by atoms with Crippen LogP contribution in [0.25, 0.3) is 0 Å². The molecule has 112 valence electrons. The molecule has 0 amide bonds. The van der Waals surface area contributed by atoms with Crippen LogP contribution in [0.5, 0.6) is 0 Å². The second-order valence-electron chi connectivity index (χ2n) is 7.63. The van der Waals surface area contributed by atoms with Crippen LogP contribution < -0.4 is 0 Å². The molecule has 0 heteroatoms. The molecule has 0 aromatic carbocycles. The van der Waals surface area contributed by atoms with Crippen molar-refractivity contribution in [1.29, 1.82) is 0 Å². The Balaban J connectivity index is 0.000000178. The first-order chi connectivity index (χ1) is 9.81. The van der Waals surface area contributed by atoms with Crippen molar-refractivity contribution >= 4 is 0 Å². The molecule has 0 spiro atoms. The third-order valence-corrected chi connectivity index (χ3v) is 7.18. The first-order valence-electron chi connectivity index (χ1n) is 9.15. The highest BCUT2D eigenvalue weighted by atomic mass is 14.7. The van der Waals surface area contributed by atoms with Crippen LogP contribution in [0.15, 0.2) is 0 Å². The van der Waals surface area contributed by atoms with Crippen molar-refractivity contribution in [3.05, 3.63) is 0 Å². The van der Waals surface area contributed by atoms with E-state index in [2.05, 4.69) is 11.8 Å². The lowest BCUT2D eigenvalue weighted by Crippen LogP contribution is -2.62. The minimum absolute atomic E-state index is 1.19. The van der Waals surface area contributed by atoms with Gasteiger partial charge in [0.25, 0.3) is 0 Å². The van der Waals surface area contributed by atoms with E-state index in [0.29, 0.717) is 0 Å². The summed E-state index contributed by atoms with van der Waals surface area (Å²) in [6, 6.07) is 0. The SMILES string of the molecule is C1C2CC3C4CC5CC(C14)C(C2)C3C5.CC.CC#CC. The van der Waals surface area contributed by atoms with Crippen molar-refractivity contribution in [3.63, 3.8) is 0 Å². The predicted molar refractivity (Wildman–Crippen MR) is 86.1 cm³/mol. The van der Waals surface area contributed by atoms with E-state index in [0.717, 1.165) is 0 Å². The smallest absolute Gasteiger partial charge is 0.00271 e. The lowest BCUT2D eigenvalue weighted by Gasteiger charge is -2.69. The molecule has 7 aliphatic rings. The lowest BCUT2D eigenvalue weighted by atomic mass is 9.36. The zero-order valence-electron chi connectivity index (χ0n) is 13.9. The maximum Gasteiger partial charge on any atom is -0.00271 e. The highest BCUT2D eigenvalue weighted by Crippen LogP contribution is 2.71. The molecular weight excluding hydrogens is 240 g/mol. The van der Waals surface area contributed by atoms with Gasteiger partial charge >= 0.3 is 0 Å². The fourth-order valence-corrected chi connectivity index (χ4v) is 6.89. The molecule has 0 aromatic rings. The summed E-state index contributed by atoms with van der Waals surface area (Å²) in [5.74, 6) is 15.1. The van der Waals surface area contributed by atoms with Crippen LogP contribution in [0.3, 0.4) is 0 Å². The van der Waals surface area contributed by atoms with Crippen LogP contribution in [0.1, 0.15) is 66.2 Å². The van der Waals surface area contributed by atoms with Gasteiger partial charge in [-0.15, -0.1) is 11.8 Å². The van der Waals surface area contributed by atoms with E-state index in [9.17, 15) is 0 Å². The first kappa shape index (κ1) is 14.5. The largest absolute Gasteiger partial charge is 0.107 e. The van der Waals surface area contributed by atoms with Gasteiger partial charge < -0.3 is 0 Å². The highest BCUT2D eigenvalue weighted by molar-refractivity contribution is 5.12. The molecule has 0 N–H and O–H groups in total. The average Bonchev–Trinajstić information content (AvgIpc) is 2.54. The van der Waals surface area contributed by atoms with Crippen molar-refractivity contribution in [2.24, 2.45) is 47.3 Å². The molecule has 7 aliphatic carbocycles. The molecule has 20 heavy (non-hydrogen) atoms. The number of hydrogen-bond donors (Lipinski definition) is 0. The summed E-state index contributed by atoms with van der Waals surface area (Å²) in [6.45, 7) is 7.64. The molecule has 8 bridgehead atoms. The van der Waals surface area contributed by atoms with Crippen LogP contribution in [-0.4, -0.2) is 0 Å². The van der Waals surface area contributed by atoms with E-state index in [4.69, 9.17) is 0 Å². The Morgan fingerprint density at radius 2 is 0.700 bits per heavy atom. The fourth-order valence-electron chi connectivity index (χ4n) is 6.89. The summed E-state index contributed by atoms with van der Waals surface area (Å²) in [5.41, 5.74) is 0. The van der Waals surface area contributed by atoms with Gasteiger partial charge in [-0.1, -0.05) is 13.8 Å². The molecule has 7 fully saturated rings. The second kappa shape index (κ2) is 5.75. The molecule has 0 saturated heterocycles. The maximum atomic E-state index is 2.68. The first-order valence-corrected chi connectivity index (χ1v) is 9.15. The Bertz CT molecular complexity index is 302. The third kappa shape index (κ3) is 2.04. The summed E-state index contributed by atoms with van der Waals surface area (Å²) in [7, 11) is 0. The van der Waals surface area contributed by atoms with Crippen molar-refractivity contribution in [3.8, 4) is 11.8 Å². The minimum atomic E-state index is 1.19. The van der Waals surface area contributed by atoms with Crippen molar-refractivity contribution in [2.75, 3.05) is 0 Å². The zero-order chi connectivity index (χ0) is 14.3. The molecule has 0 aliphatic heterocycles. The molecule has 0 unspecified atom stereocenters. The Morgan fingerprint density at radius 3 is 0.850 bits per heavy atom. The number of hydrogen-bond acceptors (Lipinski definition) is 0. The van der Waals surface area contributed by atoms with Gasteiger partial charge in [-0.25, -0.2) is 0 Å². The standard InChI is InChI=1S/C14H20.C4H6.C2H6/c1-7-2-12-10-4-8-5-11(9(1)10)13(3-7)14(12)6-8;1-3-4-2;1-2/h7-14H,1-6H2;1-2H3;1-2H3. The van der Waals surface area contributed by atoms with E-state index in [1.807, 2.05) is 27.7 Å². The van der Waals surface area contributed by atoms with Gasteiger partial charge in [0.05, 0.1) is 0 Å².